The Morgan fingerprint density at radius 2 is 1.85 bits per heavy atom. The molecule has 2 amide bonds. The second kappa shape index (κ2) is 9.87. The number of carbonyl (C=O) groups excluding carboxylic acids is 1. The normalized spacial score (nSPS) is 10.3. The Labute approximate surface area is 157 Å². The molecule has 2 rings (SSSR count). The monoisotopic (exact) mass is 380 g/mol. The minimum Gasteiger partial charge on any atom is -0.490 e. The van der Waals surface area contributed by atoms with Crippen molar-refractivity contribution in [2.75, 3.05) is 25.1 Å². The van der Waals surface area contributed by atoms with Crippen molar-refractivity contribution in [1.82, 2.24) is 5.32 Å². The Balaban J connectivity index is 1.90. The summed E-state index contributed by atoms with van der Waals surface area (Å²) >= 11 is 5.88. The van der Waals surface area contributed by atoms with Gasteiger partial charge < -0.3 is 20.1 Å². The minimum atomic E-state index is -0.583. The molecule has 0 saturated carbocycles. The van der Waals surface area contributed by atoms with Gasteiger partial charge in [-0.05, 0) is 50.1 Å². The van der Waals surface area contributed by atoms with Gasteiger partial charge in [-0.3, -0.25) is 0 Å². The Morgan fingerprint density at radius 1 is 1.12 bits per heavy atom. The number of rotatable bonds is 8. The zero-order chi connectivity index (χ0) is 18.9. The summed E-state index contributed by atoms with van der Waals surface area (Å²) in [4.78, 5) is 11.9. The molecule has 0 fully saturated rings. The van der Waals surface area contributed by atoms with Gasteiger partial charge in [0.1, 0.15) is 5.82 Å². The van der Waals surface area contributed by atoms with Gasteiger partial charge in [0.25, 0.3) is 0 Å². The van der Waals surface area contributed by atoms with Crippen LogP contribution in [0, 0.1) is 5.82 Å². The predicted octanol–water partition coefficient (Wildman–Crippen LogP) is 4.64. The van der Waals surface area contributed by atoms with Gasteiger partial charge in [-0.15, -0.1) is 0 Å². The molecule has 140 valence electrons. The van der Waals surface area contributed by atoms with Gasteiger partial charge >= 0.3 is 6.03 Å². The first kappa shape index (κ1) is 19.8. The number of urea groups is 1. The van der Waals surface area contributed by atoms with Crippen LogP contribution in [0.15, 0.2) is 36.4 Å². The SMILES string of the molecule is CCOc1ccc(CCNC(=O)Nc2c(F)cccc2Cl)cc1OCC. The summed E-state index contributed by atoms with van der Waals surface area (Å²) in [6.45, 7) is 5.28. The highest BCUT2D eigenvalue weighted by atomic mass is 35.5. The summed E-state index contributed by atoms with van der Waals surface area (Å²) in [6, 6.07) is 9.35. The van der Waals surface area contributed by atoms with Crippen molar-refractivity contribution < 1.29 is 18.7 Å². The van der Waals surface area contributed by atoms with Crippen LogP contribution in [0.1, 0.15) is 19.4 Å². The third-order valence-electron chi connectivity index (χ3n) is 3.51. The highest BCUT2D eigenvalue weighted by Gasteiger charge is 2.11. The van der Waals surface area contributed by atoms with Gasteiger partial charge in [0.15, 0.2) is 11.5 Å². The maximum atomic E-state index is 13.7. The molecule has 0 radical (unpaired) electrons. The molecular weight excluding hydrogens is 359 g/mol. The summed E-state index contributed by atoms with van der Waals surface area (Å²) in [7, 11) is 0. The van der Waals surface area contributed by atoms with Crippen LogP contribution in [-0.2, 0) is 6.42 Å². The summed E-state index contributed by atoms with van der Waals surface area (Å²) in [5, 5.41) is 5.24. The fourth-order valence-electron chi connectivity index (χ4n) is 2.35. The third-order valence-corrected chi connectivity index (χ3v) is 3.82. The topological polar surface area (TPSA) is 59.6 Å². The molecule has 0 spiro atoms. The maximum Gasteiger partial charge on any atom is 0.319 e. The molecule has 2 aromatic rings. The number of ether oxygens (including phenoxy) is 2. The largest absolute Gasteiger partial charge is 0.490 e. The lowest BCUT2D eigenvalue weighted by atomic mass is 10.1. The first-order chi connectivity index (χ1) is 12.5. The molecule has 0 atom stereocenters. The highest BCUT2D eigenvalue weighted by molar-refractivity contribution is 6.33. The van der Waals surface area contributed by atoms with Crippen molar-refractivity contribution in [2.45, 2.75) is 20.3 Å². The fourth-order valence-corrected chi connectivity index (χ4v) is 2.56. The first-order valence-corrected chi connectivity index (χ1v) is 8.80. The molecule has 0 unspecified atom stereocenters. The molecular formula is C19H22ClFN2O3. The van der Waals surface area contributed by atoms with E-state index in [0.717, 1.165) is 5.56 Å². The van der Waals surface area contributed by atoms with Crippen molar-refractivity contribution in [2.24, 2.45) is 0 Å². The number of para-hydroxylation sites is 1. The van der Waals surface area contributed by atoms with Crippen LogP contribution in [0.25, 0.3) is 0 Å². The van der Waals surface area contributed by atoms with E-state index in [1.165, 1.54) is 18.2 Å². The number of hydrogen-bond acceptors (Lipinski definition) is 3. The standard InChI is InChI=1S/C19H22ClFN2O3/c1-3-25-16-9-8-13(12-17(16)26-4-2)10-11-22-19(24)23-18-14(20)6-5-7-15(18)21/h5-9,12H,3-4,10-11H2,1-2H3,(H2,22,23,24). The molecule has 7 heteroatoms. The lowest BCUT2D eigenvalue weighted by Gasteiger charge is -2.13. The summed E-state index contributed by atoms with van der Waals surface area (Å²) < 4.78 is 24.8. The lowest BCUT2D eigenvalue weighted by Crippen LogP contribution is -2.30. The molecule has 0 aliphatic rings. The zero-order valence-electron chi connectivity index (χ0n) is 14.8. The third kappa shape index (κ3) is 5.52. The van der Waals surface area contributed by atoms with Crippen molar-refractivity contribution in [3.05, 3.63) is 52.8 Å². The molecule has 26 heavy (non-hydrogen) atoms. The Hall–Kier alpha value is -2.47. The van der Waals surface area contributed by atoms with E-state index in [-0.39, 0.29) is 10.7 Å². The number of carbonyl (C=O) groups is 1. The second-order valence-corrected chi connectivity index (χ2v) is 5.78. The summed E-state index contributed by atoms with van der Waals surface area (Å²) in [5.74, 6) is 0.785. The molecule has 2 aromatic carbocycles. The maximum absolute atomic E-state index is 13.7. The Bertz CT molecular complexity index is 735. The Kier molecular flexibility index (Phi) is 7.53. The van der Waals surface area contributed by atoms with Crippen LogP contribution in [0.4, 0.5) is 14.9 Å². The zero-order valence-corrected chi connectivity index (χ0v) is 15.5. The van der Waals surface area contributed by atoms with E-state index in [1.807, 2.05) is 32.0 Å². The van der Waals surface area contributed by atoms with Gasteiger partial charge in [-0.1, -0.05) is 23.7 Å². The van der Waals surface area contributed by atoms with Gasteiger partial charge in [0.05, 0.1) is 23.9 Å². The van der Waals surface area contributed by atoms with Crippen LogP contribution < -0.4 is 20.1 Å². The smallest absolute Gasteiger partial charge is 0.319 e. The second-order valence-electron chi connectivity index (χ2n) is 5.37. The summed E-state index contributed by atoms with van der Waals surface area (Å²) in [5.41, 5.74) is 0.951. The van der Waals surface area contributed by atoms with Gasteiger partial charge in [-0.25, -0.2) is 9.18 Å². The Morgan fingerprint density at radius 3 is 2.54 bits per heavy atom. The van der Waals surface area contributed by atoms with Crippen molar-refractivity contribution >= 4 is 23.3 Å². The first-order valence-electron chi connectivity index (χ1n) is 8.42. The molecule has 0 aliphatic heterocycles. The molecule has 5 nitrogen and oxygen atoms in total. The van der Waals surface area contributed by atoms with Crippen LogP contribution in [0.2, 0.25) is 5.02 Å². The quantitative estimate of drug-likeness (QED) is 0.701. The van der Waals surface area contributed by atoms with Crippen LogP contribution in [0.3, 0.4) is 0 Å². The average Bonchev–Trinajstić information content (AvgIpc) is 2.61. The van der Waals surface area contributed by atoms with Crippen molar-refractivity contribution in [3.8, 4) is 11.5 Å². The number of hydrogen-bond donors (Lipinski definition) is 2. The number of anilines is 1. The molecule has 0 bridgehead atoms. The van der Waals surface area contributed by atoms with E-state index in [0.29, 0.717) is 37.7 Å². The van der Waals surface area contributed by atoms with Gasteiger partial charge in [0.2, 0.25) is 0 Å². The van der Waals surface area contributed by atoms with Gasteiger partial charge in [0, 0.05) is 6.54 Å². The summed E-state index contributed by atoms with van der Waals surface area (Å²) in [6.07, 6.45) is 0.588. The number of amides is 2. The number of benzene rings is 2. The van der Waals surface area contributed by atoms with E-state index in [4.69, 9.17) is 21.1 Å². The molecule has 0 aromatic heterocycles. The highest BCUT2D eigenvalue weighted by Crippen LogP contribution is 2.28. The predicted molar refractivity (Wildman–Crippen MR) is 101 cm³/mol. The average molecular weight is 381 g/mol. The van der Waals surface area contributed by atoms with E-state index in [2.05, 4.69) is 10.6 Å². The molecule has 0 saturated heterocycles. The van der Waals surface area contributed by atoms with Crippen molar-refractivity contribution in [3.63, 3.8) is 0 Å². The van der Waals surface area contributed by atoms with Crippen LogP contribution >= 0.6 is 11.6 Å². The van der Waals surface area contributed by atoms with E-state index < -0.39 is 11.8 Å². The molecule has 0 heterocycles. The lowest BCUT2D eigenvalue weighted by molar-refractivity contribution is 0.252. The van der Waals surface area contributed by atoms with E-state index in [1.54, 1.807) is 0 Å². The van der Waals surface area contributed by atoms with E-state index >= 15 is 0 Å². The van der Waals surface area contributed by atoms with Crippen LogP contribution in [-0.4, -0.2) is 25.8 Å². The molecule has 2 N–H and O–H groups in total. The van der Waals surface area contributed by atoms with E-state index in [9.17, 15) is 9.18 Å². The minimum absolute atomic E-state index is 0.0358. The number of halogens is 2. The number of nitrogens with one attached hydrogen (secondary N) is 2. The van der Waals surface area contributed by atoms with Crippen LogP contribution in [0.5, 0.6) is 11.5 Å². The van der Waals surface area contributed by atoms with Gasteiger partial charge in [-0.2, -0.15) is 0 Å². The molecule has 0 aliphatic carbocycles. The van der Waals surface area contributed by atoms with Crippen molar-refractivity contribution in [1.29, 1.82) is 0 Å². The fraction of sp³-hybridized carbons (Fsp3) is 0.316.